The van der Waals surface area contributed by atoms with Gasteiger partial charge in [-0.05, 0) is 78.4 Å². The summed E-state index contributed by atoms with van der Waals surface area (Å²) < 4.78 is 18.3. The number of hydrogen-bond donors (Lipinski definition) is 5. The predicted molar refractivity (Wildman–Crippen MR) is 172 cm³/mol. The van der Waals surface area contributed by atoms with Crippen molar-refractivity contribution in [1.29, 1.82) is 0 Å². The van der Waals surface area contributed by atoms with Crippen LogP contribution < -0.4 is 0 Å². The van der Waals surface area contributed by atoms with Crippen LogP contribution in [0.2, 0.25) is 0 Å². The van der Waals surface area contributed by atoms with Crippen molar-refractivity contribution in [2.75, 3.05) is 13.7 Å². The first-order chi connectivity index (χ1) is 21.7. The molecule has 0 bridgehead atoms. The number of carbonyl (C=O) groups excluding carboxylic acids is 1. The van der Waals surface area contributed by atoms with Crippen LogP contribution in [0.1, 0.15) is 99.8 Å². The van der Waals surface area contributed by atoms with Gasteiger partial charge in [0.05, 0.1) is 18.8 Å². The fourth-order valence-electron chi connectivity index (χ4n) is 12.3. The molecule has 0 aromatic carbocycles. The smallest absolute Gasteiger partial charge is 0.335 e. The SMILES string of the molecule is COC1C=C2C3CC(C)(C)CC(=O)C3(C)CCC2(C)C2(C)CCC3C(C)(CO)C(OC4OC(C(=O)O)C(O)C(O)C4O)CCC3(C)C12. The number of aliphatic hydroxyl groups excluding tert-OH is 4. The van der Waals surface area contributed by atoms with Gasteiger partial charge in [-0.3, -0.25) is 4.79 Å². The molecule has 0 amide bonds. The van der Waals surface area contributed by atoms with E-state index in [9.17, 15) is 35.1 Å². The summed E-state index contributed by atoms with van der Waals surface area (Å²) in [6.07, 6.45) is -0.371. The summed E-state index contributed by atoms with van der Waals surface area (Å²) in [4.78, 5) is 25.5. The van der Waals surface area contributed by atoms with Crippen LogP contribution in [-0.4, -0.2) is 93.9 Å². The topological polar surface area (TPSA) is 163 Å². The summed E-state index contributed by atoms with van der Waals surface area (Å²) >= 11 is 0. The number of Topliss-reactive ketones (excluding diaryl/α,β-unsaturated/α-hetero) is 1. The van der Waals surface area contributed by atoms with E-state index in [0.29, 0.717) is 18.6 Å². The highest BCUT2D eigenvalue weighted by molar-refractivity contribution is 5.87. The third kappa shape index (κ3) is 4.82. The summed E-state index contributed by atoms with van der Waals surface area (Å²) in [6.45, 7) is 15.7. The second-order valence-corrected chi connectivity index (χ2v) is 18.1. The molecule has 0 aromatic heterocycles. The number of aliphatic hydroxyl groups is 4. The van der Waals surface area contributed by atoms with Gasteiger partial charge in [0.2, 0.25) is 0 Å². The molecule has 5 aliphatic carbocycles. The lowest BCUT2D eigenvalue weighted by molar-refractivity contribution is -0.329. The van der Waals surface area contributed by atoms with E-state index in [4.69, 9.17) is 14.2 Å². The third-order valence-electron chi connectivity index (χ3n) is 15.2. The molecule has 1 aliphatic heterocycles. The average molecular weight is 663 g/mol. The highest BCUT2D eigenvalue weighted by Gasteiger charge is 2.71. The zero-order valence-corrected chi connectivity index (χ0v) is 29.5. The first-order valence-electron chi connectivity index (χ1n) is 17.7. The van der Waals surface area contributed by atoms with Crippen LogP contribution in [-0.2, 0) is 23.8 Å². The summed E-state index contributed by atoms with van der Waals surface area (Å²) in [6, 6.07) is 0. The molecule has 10 nitrogen and oxygen atoms in total. The van der Waals surface area contributed by atoms with E-state index in [2.05, 4.69) is 47.6 Å². The Morgan fingerprint density at radius 3 is 2.26 bits per heavy atom. The Morgan fingerprint density at radius 1 is 0.957 bits per heavy atom. The zero-order valence-electron chi connectivity index (χ0n) is 29.5. The number of aliphatic carboxylic acids is 1. The number of methoxy groups -OCH3 is 1. The largest absolute Gasteiger partial charge is 0.479 e. The van der Waals surface area contributed by atoms with Gasteiger partial charge in [-0.1, -0.05) is 60.1 Å². The van der Waals surface area contributed by atoms with Crippen LogP contribution in [0.15, 0.2) is 11.6 Å². The molecule has 1 heterocycles. The van der Waals surface area contributed by atoms with Crippen molar-refractivity contribution in [1.82, 2.24) is 0 Å². The van der Waals surface area contributed by atoms with Gasteiger partial charge < -0.3 is 39.7 Å². The molecule has 47 heavy (non-hydrogen) atoms. The lowest BCUT2D eigenvalue weighted by atomic mass is 9.33. The van der Waals surface area contributed by atoms with Crippen LogP contribution in [0.5, 0.6) is 0 Å². The normalized spacial score (nSPS) is 54.0. The van der Waals surface area contributed by atoms with Crippen molar-refractivity contribution in [2.24, 2.45) is 50.2 Å². The standard InChI is InChI=1S/C37H58O10/c1-32(2)16-20-19-15-21(45-8)29-34(4)11-10-24(46-31-27(42)25(40)26(41)28(47-31)30(43)44)35(5,18-38)22(34)9-12-37(29,7)36(19,6)14-13-33(20,3)23(39)17-32/h15,20-22,24-29,31,38,40-42H,9-14,16-18H2,1-8H3,(H,43,44). The maximum Gasteiger partial charge on any atom is 0.335 e. The maximum atomic E-state index is 13.7. The highest BCUT2D eigenvalue weighted by atomic mass is 16.7. The van der Waals surface area contributed by atoms with Crippen LogP contribution in [0.4, 0.5) is 0 Å². The van der Waals surface area contributed by atoms with E-state index in [1.165, 1.54) is 5.57 Å². The molecule has 5 N–H and O–H groups in total. The fourth-order valence-corrected chi connectivity index (χ4v) is 12.3. The molecular weight excluding hydrogens is 604 g/mol. The molecule has 0 spiro atoms. The number of ether oxygens (including phenoxy) is 3. The number of ketones is 1. The highest BCUT2D eigenvalue weighted by Crippen LogP contribution is 2.75. The lowest BCUT2D eigenvalue weighted by Gasteiger charge is -2.72. The summed E-state index contributed by atoms with van der Waals surface area (Å²) in [5.74, 6) is -0.766. The number of carbonyl (C=O) groups is 2. The Hall–Kier alpha value is -1.40. The minimum Gasteiger partial charge on any atom is -0.479 e. The molecule has 0 aromatic rings. The van der Waals surface area contributed by atoms with Gasteiger partial charge >= 0.3 is 5.97 Å². The van der Waals surface area contributed by atoms with Gasteiger partial charge in [-0.25, -0.2) is 4.79 Å². The first kappa shape index (κ1) is 35.4. The van der Waals surface area contributed by atoms with Gasteiger partial charge in [-0.15, -0.1) is 0 Å². The van der Waals surface area contributed by atoms with E-state index in [0.717, 1.165) is 38.5 Å². The van der Waals surface area contributed by atoms with Gasteiger partial charge in [0.15, 0.2) is 12.4 Å². The molecule has 15 unspecified atom stereocenters. The molecule has 5 fully saturated rings. The van der Waals surface area contributed by atoms with Crippen molar-refractivity contribution in [3.8, 4) is 0 Å². The number of hydrogen-bond acceptors (Lipinski definition) is 9. The summed E-state index contributed by atoms with van der Waals surface area (Å²) in [5.41, 5.74) is -0.293. The van der Waals surface area contributed by atoms with Crippen LogP contribution in [0.25, 0.3) is 0 Å². The summed E-state index contributed by atoms with van der Waals surface area (Å²) in [5, 5.41) is 52.1. The van der Waals surface area contributed by atoms with Crippen molar-refractivity contribution in [3.05, 3.63) is 11.6 Å². The number of carboxylic acid groups (broad SMARTS) is 1. The van der Waals surface area contributed by atoms with Gasteiger partial charge in [-0.2, -0.15) is 0 Å². The van der Waals surface area contributed by atoms with E-state index in [1.807, 2.05) is 6.92 Å². The van der Waals surface area contributed by atoms with Crippen LogP contribution >= 0.6 is 0 Å². The monoisotopic (exact) mass is 662 g/mol. The van der Waals surface area contributed by atoms with Gasteiger partial charge in [0, 0.05) is 30.3 Å². The predicted octanol–water partition coefficient (Wildman–Crippen LogP) is 3.86. The molecule has 0 radical (unpaired) electrons. The Kier molecular flexibility index (Phi) is 8.52. The van der Waals surface area contributed by atoms with E-state index >= 15 is 0 Å². The van der Waals surface area contributed by atoms with Crippen LogP contribution in [0.3, 0.4) is 0 Å². The molecule has 15 atom stereocenters. The van der Waals surface area contributed by atoms with Crippen molar-refractivity contribution in [3.63, 3.8) is 0 Å². The Balaban J connectivity index is 1.36. The molecule has 1 saturated heterocycles. The molecular formula is C37H58O10. The Morgan fingerprint density at radius 2 is 1.64 bits per heavy atom. The molecule has 6 aliphatic rings. The fraction of sp³-hybridized carbons (Fsp3) is 0.892. The Labute approximate surface area is 279 Å². The number of allylic oxidation sites excluding steroid dienone is 1. The van der Waals surface area contributed by atoms with E-state index < -0.39 is 48.2 Å². The Bertz CT molecular complexity index is 1310. The minimum absolute atomic E-state index is 0.00332. The number of fused-ring (bicyclic) bond motifs is 7. The third-order valence-corrected chi connectivity index (χ3v) is 15.2. The second-order valence-electron chi connectivity index (χ2n) is 18.1. The average Bonchev–Trinajstić information content (AvgIpc) is 2.99. The molecule has 6 rings (SSSR count). The van der Waals surface area contributed by atoms with Crippen molar-refractivity contribution >= 4 is 11.8 Å². The summed E-state index contributed by atoms with van der Waals surface area (Å²) in [7, 11) is 1.79. The minimum atomic E-state index is -1.80. The van der Waals surface area contributed by atoms with Crippen molar-refractivity contribution in [2.45, 2.75) is 143 Å². The first-order valence-corrected chi connectivity index (χ1v) is 17.7. The van der Waals surface area contributed by atoms with Gasteiger partial charge in [0.25, 0.3) is 0 Å². The number of carboxylic acids is 1. The van der Waals surface area contributed by atoms with E-state index in [1.54, 1.807) is 7.11 Å². The molecule has 10 heteroatoms. The van der Waals surface area contributed by atoms with E-state index in [-0.39, 0.29) is 57.5 Å². The van der Waals surface area contributed by atoms with Crippen LogP contribution in [0, 0.1) is 50.2 Å². The van der Waals surface area contributed by atoms with Gasteiger partial charge in [0.1, 0.15) is 24.1 Å². The molecule has 266 valence electrons. The lowest BCUT2D eigenvalue weighted by Crippen LogP contribution is -2.69. The zero-order chi connectivity index (χ0) is 34.7. The molecule has 4 saturated carbocycles. The second kappa shape index (κ2) is 11.3. The maximum absolute atomic E-state index is 13.7. The van der Waals surface area contributed by atoms with Crippen molar-refractivity contribution < 1.29 is 49.3 Å². The quantitative estimate of drug-likeness (QED) is 0.216. The number of rotatable bonds is 5.